The summed E-state index contributed by atoms with van der Waals surface area (Å²) in [5.74, 6) is 0.209. The average Bonchev–Trinajstić information content (AvgIpc) is 3.05. The number of carbonyl (C=O) groups is 1. The molecule has 2 aliphatic rings. The van der Waals surface area contributed by atoms with E-state index in [0.717, 1.165) is 32.5 Å². The molecule has 0 spiro atoms. The van der Waals surface area contributed by atoms with E-state index in [2.05, 4.69) is 34.3 Å². The van der Waals surface area contributed by atoms with Crippen molar-refractivity contribution in [3.8, 4) is 0 Å². The molecule has 1 amide bonds. The van der Waals surface area contributed by atoms with Gasteiger partial charge in [-0.1, -0.05) is 24.3 Å². The minimum atomic E-state index is 0.00318. The molecule has 4 rings (SSSR count). The van der Waals surface area contributed by atoms with E-state index in [1.807, 2.05) is 21.8 Å². The second-order valence-electron chi connectivity index (χ2n) is 7.14. The van der Waals surface area contributed by atoms with E-state index in [0.29, 0.717) is 26.2 Å². The van der Waals surface area contributed by atoms with Crippen molar-refractivity contribution in [2.75, 3.05) is 32.8 Å². The van der Waals surface area contributed by atoms with Gasteiger partial charge in [-0.2, -0.15) is 5.10 Å². The number of carbonyl (C=O) groups excluding carboxylic acids is 1. The van der Waals surface area contributed by atoms with Gasteiger partial charge in [0, 0.05) is 45.2 Å². The summed E-state index contributed by atoms with van der Waals surface area (Å²) in [4.78, 5) is 17.1. The Hall–Kier alpha value is -2.18. The Kier molecular flexibility index (Phi) is 5.32. The van der Waals surface area contributed by atoms with Crippen LogP contribution in [-0.2, 0) is 29.0 Å². The number of rotatable bonds is 4. The largest absolute Gasteiger partial charge is 0.374 e. The van der Waals surface area contributed by atoms with Crippen LogP contribution in [-0.4, -0.2) is 64.4 Å². The number of nitrogens with zero attached hydrogens (tertiary/aromatic N) is 4. The van der Waals surface area contributed by atoms with Crippen LogP contribution >= 0.6 is 0 Å². The number of amides is 1. The molecule has 2 aromatic rings. The first-order valence-corrected chi connectivity index (χ1v) is 9.44. The normalized spacial score (nSPS) is 21.2. The monoisotopic (exact) mass is 354 g/mol. The van der Waals surface area contributed by atoms with Gasteiger partial charge in [-0.3, -0.25) is 14.4 Å². The number of benzene rings is 1. The van der Waals surface area contributed by atoms with Gasteiger partial charge in [-0.25, -0.2) is 0 Å². The van der Waals surface area contributed by atoms with E-state index in [1.165, 1.54) is 11.1 Å². The lowest BCUT2D eigenvalue weighted by molar-refractivity contribution is -0.133. The second kappa shape index (κ2) is 8.01. The molecule has 6 heteroatoms. The Morgan fingerprint density at radius 2 is 2.08 bits per heavy atom. The molecule has 0 bridgehead atoms. The molecular weight excluding hydrogens is 328 g/mol. The Bertz CT molecular complexity index is 731. The summed E-state index contributed by atoms with van der Waals surface area (Å²) < 4.78 is 7.80. The third-order valence-electron chi connectivity index (χ3n) is 5.22. The number of ether oxygens (including phenoxy) is 1. The smallest absolute Gasteiger partial charge is 0.236 e. The molecule has 0 N–H and O–H groups in total. The van der Waals surface area contributed by atoms with Crippen LogP contribution in [0.3, 0.4) is 0 Å². The quantitative estimate of drug-likeness (QED) is 0.836. The van der Waals surface area contributed by atoms with Crippen molar-refractivity contribution in [1.29, 1.82) is 0 Å². The predicted molar refractivity (Wildman–Crippen MR) is 98.6 cm³/mol. The van der Waals surface area contributed by atoms with E-state index in [-0.39, 0.29) is 12.0 Å². The molecule has 1 saturated heterocycles. The SMILES string of the molecule is O=C(CN1CCc2ccccc2C1)N1CCCOC(Cn2cccn2)C1. The fourth-order valence-corrected chi connectivity index (χ4v) is 3.83. The van der Waals surface area contributed by atoms with Crippen molar-refractivity contribution in [2.24, 2.45) is 0 Å². The van der Waals surface area contributed by atoms with Crippen molar-refractivity contribution in [3.05, 3.63) is 53.9 Å². The molecule has 138 valence electrons. The number of fused-ring (bicyclic) bond motifs is 1. The summed E-state index contributed by atoms with van der Waals surface area (Å²) in [7, 11) is 0. The maximum absolute atomic E-state index is 12.9. The van der Waals surface area contributed by atoms with Gasteiger partial charge < -0.3 is 9.64 Å². The van der Waals surface area contributed by atoms with Gasteiger partial charge in [-0.05, 0) is 30.0 Å². The summed E-state index contributed by atoms with van der Waals surface area (Å²) in [5.41, 5.74) is 2.76. The van der Waals surface area contributed by atoms with Gasteiger partial charge in [0.15, 0.2) is 0 Å². The molecular formula is C20H26N4O2. The molecule has 3 heterocycles. The van der Waals surface area contributed by atoms with Crippen LogP contribution in [0.4, 0.5) is 0 Å². The lowest BCUT2D eigenvalue weighted by Crippen LogP contribution is -2.45. The van der Waals surface area contributed by atoms with Gasteiger partial charge in [0.1, 0.15) is 0 Å². The third kappa shape index (κ3) is 4.14. The first-order chi connectivity index (χ1) is 12.8. The van der Waals surface area contributed by atoms with Gasteiger partial charge in [0.2, 0.25) is 5.91 Å². The topological polar surface area (TPSA) is 50.6 Å². The van der Waals surface area contributed by atoms with E-state index >= 15 is 0 Å². The van der Waals surface area contributed by atoms with Crippen LogP contribution in [0.2, 0.25) is 0 Å². The number of aromatic nitrogens is 2. The van der Waals surface area contributed by atoms with Crippen molar-refractivity contribution >= 4 is 5.91 Å². The summed E-state index contributed by atoms with van der Waals surface area (Å²) in [6, 6.07) is 10.5. The van der Waals surface area contributed by atoms with Crippen LogP contribution < -0.4 is 0 Å². The first-order valence-electron chi connectivity index (χ1n) is 9.44. The Balaban J connectivity index is 1.34. The van der Waals surface area contributed by atoms with Gasteiger partial charge in [0.05, 0.1) is 19.2 Å². The van der Waals surface area contributed by atoms with Gasteiger partial charge >= 0.3 is 0 Å². The highest BCUT2D eigenvalue weighted by atomic mass is 16.5. The zero-order valence-electron chi connectivity index (χ0n) is 15.1. The summed E-state index contributed by atoms with van der Waals surface area (Å²) in [5, 5.41) is 4.25. The van der Waals surface area contributed by atoms with Gasteiger partial charge in [-0.15, -0.1) is 0 Å². The van der Waals surface area contributed by atoms with Crippen LogP contribution in [0.1, 0.15) is 17.5 Å². The summed E-state index contributed by atoms with van der Waals surface area (Å²) in [6.45, 7) is 5.11. The summed E-state index contributed by atoms with van der Waals surface area (Å²) in [6.07, 6.45) is 5.63. The Labute approximate surface area is 154 Å². The molecule has 1 atom stereocenters. The molecule has 6 nitrogen and oxygen atoms in total. The highest BCUT2D eigenvalue weighted by molar-refractivity contribution is 5.78. The van der Waals surface area contributed by atoms with Crippen LogP contribution in [0.25, 0.3) is 0 Å². The zero-order chi connectivity index (χ0) is 17.8. The van der Waals surface area contributed by atoms with Crippen molar-refractivity contribution in [1.82, 2.24) is 19.6 Å². The van der Waals surface area contributed by atoms with Crippen molar-refractivity contribution in [2.45, 2.75) is 32.0 Å². The highest BCUT2D eigenvalue weighted by Crippen LogP contribution is 2.18. The number of hydrogen-bond donors (Lipinski definition) is 0. The van der Waals surface area contributed by atoms with E-state index in [9.17, 15) is 4.79 Å². The molecule has 1 aromatic heterocycles. The minimum absolute atomic E-state index is 0.00318. The Morgan fingerprint density at radius 3 is 2.92 bits per heavy atom. The van der Waals surface area contributed by atoms with Crippen molar-refractivity contribution in [3.63, 3.8) is 0 Å². The van der Waals surface area contributed by atoms with E-state index in [1.54, 1.807) is 6.20 Å². The molecule has 0 radical (unpaired) electrons. The molecule has 2 aliphatic heterocycles. The lowest BCUT2D eigenvalue weighted by Gasteiger charge is -2.31. The van der Waals surface area contributed by atoms with Crippen molar-refractivity contribution < 1.29 is 9.53 Å². The molecule has 0 saturated carbocycles. The van der Waals surface area contributed by atoms with E-state index < -0.39 is 0 Å². The maximum atomic E-state index is 12.9. The lowest BCUT2D eigenvalue weighted by atomic mass is 10.00. The maximum Gasteiger partial charge on any atom is 0.236 e. The fourth-order valence-electron chi connectivity index (χ4n) is 3.83. The Morgan fingerprint density at radius 1 is 1.19 bits per heavy atom. The first kappa shape index (κ1) is 17.2. The van der Waals surface area contributed by atoms with E-state index in [4.69, 9.17) is 4.74 Å². The summed E-state index contributed by atoms with van der Waals surface area (Å²) >= 11 is 0. The van der Waals surface area contributed by atoms with Gasteiger partial charge in [0.25, 0.3) is 0 Å². The molecule has 1 aromatic carbocycles. The zero-order valence-corrected chi connectivity index (χ0v) is 15.1. The number of hydrogen-bond acceptors (Lipinski definition) is 4. The minimum Gasteiger partial charge on any atom is -0.374 e. The molecule has 1 fully saturated rings. The molecule has 1 unspecified atom stereocenters. The average molecular weight is 354 g/mol. The van der Waals surface area contributed by atoms with Crippen LogP contribution in [0.15, 0.2) is 42.7 Å². The molecule has 0 aliphatic carbocycles. The highest BCUT2D eigenvalue weighted by Gasteiger charge is 2.25. The third-order valence-corrected chi connectivity index (χ3v) is 5.22. The van der Waals surface area contributed by atoms with Crippen LogP contribution in [0, 0.1) is 0 Å². The predicted octanol–water partition coefficient (Wildman–Crippen LogP) is 1.56. The standard InChI is InChI=1S/C20H26N4O2/c25-20(16-22-11-7-17-5-1-2-6-18(17)13-22)23-9-4-12-26-19(14-23)15-24-10-3-8-21-24/h1-3,5-6,8,10,19H,4,7,9,11-16H2. The molecule has 26 heavy (non-hydrogen) atoms. The van der Waals surface area contributed by atoms with Crippen LogP contribution in [0.5, 0.6) is 0 Å². The fraction of sp³-hybridized carbons (Fsp3) is 0.500. The second-order valence-corrected chi connectivity index (χ2v) is 7.14.